The number of likely N-dealkylation sites (tertiary alicyclic amines) is 1. The van der Waals surface area contributed by atoms with E-state index >= 15 is 0 Å². The number of hydrogen-bond donors (Lipinski definition) is 0. The van der Waals surface area contributed by atoms with Gasteiger partial charge in [-0.05, 0) is 30.7 Å². The fourth-order valence-electron chi connectivity index (χ4n) is 4.82. The number of amides is 2. The van der Waals surface area contributed by atoms with Crippen molar-refractivity contribution in [3.63, 3.8) is 0 Å². The number of aryl methyl sites for hydroxylation is 1. The van der Waals surface area contributed by atoms with Gasteiger partial charge in [0.15, 0.2) is 0 Å². The molecule has 0 spiro atoms. The Morgan fingerprint density at radius 3 is 2.43 bits per heavy atom. The molecule has 3 aromatic rings. The summed E-state index contributed by atoms with van der Waals surface area (Å²) in [6.45, 7) is 2.48. The highest BCUT2D eigenvalue weighted by Crippen LogP contribution is 2.54. The molecule has 5 rings (SSSR count). The molecule has 2 atom stereocenters. The summed E-state index contributed by atoms with van der Waals surface area (Å²) in [5, 5.41) is 9.34. The van der Waals surface area contributed by atoms with Crippen molar-refractivity contribution >= 4 is 23.6 Å². The second kappa shape index (κ2) is 9.21. The van der Waals surface area contributed by atoms with Gasteiger partial charge in [-0.1, -0.05) is 66.2 Å². The average Bonchev–Trinajstić information content (AvgIpc) is 3.40. The third kappa shape index (κ3) is 4.01. The molecule has 178 valence electrons. The van der Waals surface area contributed by atoms with Crippen LogP contribution in [0.2, 0.25) is 0 Å². The van der Waals surface area contributed by atoms with E-state index in [0.717, 1.165) is 16.7 Å². The minimum Gasteiger partial charge on any atom is -0.453 e. The zero-order valence-electron chi connectivity index (χ0n) is 19.6. The molecule has 0 aliphatic carbocycles. The van der Waals surface area contributed by atoms with Gasteiger partial charge in [0, 0.05) is 18.5 Å². The Bertz CT molecular complexity index is 1260. The summed E-state index contributed by atoms with van der Waals surface area (Å²) in [6, 6.07) is 24.7. The highest BCUT2D eigenvalue weighted by atomic mass is 16.6. The number of anilines is 1. The van der Waals surface area contributed by atoms with Crippen LogP contribution in [0.5, 0.6) is 0 Å². The number of carbonyl (C=O) groups is 2. The monoisotopic (exact) mass is 470 g/mol. The molecule has 8 nitrogen and oxygen atoms in total. The average molecular weight is 471 g/mol. The SMILES string of the molecule is COC(=O)N1CC[C@]2(N=Nc3ccc(C)cc3)c3ccccc3N(C(=O)OCc3ccccc3)C12. The highest BCUT2D eigenvalue weighted by molar-refractivity contribution is 5.93. The third-order valence-electron chi connectivity index (χ3n) is 6.52. The van der Waals surface area contributed by atoms with Gasteiger partial charge in [0.2, 0.25) is 0 Å². The van der Waals surface area contributed by atoms with Crippen molar-refractivity contribution in [3.8, 4) is 0 Å². The van der Waals surface area contributed by atoms with Crippen molar-refractivity contribution in [2.45, 2.75) is 31.7 Å². The van der Waals surface area contributed by atoms with Gasteiger partial charge in [-0.15, -0.1) is 0 Å². The minimum atomic E-state index is -0.943. The summed E-state index contributed by atoms with van der Waals surface area (Å²) < 4.78 is 10.8. The maximum atomic E-state index is 13.5. The standard InChI is InChI=1S/C27H26N4O4/c1-19-12-14-21(15-13-19)28-29-27-16-17-30(25(32)34-2)24(27)31(23-11-7-6-10-22(23)27)26(33)35-18-20-8-4-3-5-9-20/h3-15,24H,16-18H2,1-2H3/t24?,27-/m0/s1. The van der Waals surface area contributed by atoms with Crippen LogP contribution in [-0.2, 0) is 21.6 Å². The third-order valence-corrected chi connectivity index (χ3v) is 6.52. The zero-order chi connectivity index (χ0) is 24.4. The molecule has 0 radical (unpaired) electrons. The van der Waals surface area contributed by atoms with Crippen LogP contribution in [0.25, 0.3) is 0 Å². The number of carbonyl (C=O) groups excluding carboxylic acids is 2. The van der Waals surface area contributed by atoms with Crippen LogP contribution in [0.4, 0.5) is 21.0 Å². The quantitative estimate of drug-likeness (QED) is 0.443. The molecule has 1 unspecified atom stereocenters. The van der Waals surface area contributed by atoms with Crippen LogP contribution in [0.1, 0.15) is 23.1 Å². The van der Waals surface area contributed by atoms with Crippen LogP contribution in [0, 0.1) is 6.92 Å². The van der Waals surface area contributed by atoms with E-state index in [1.54, 1.807) is 0 Å². The largest absolute Gasteiger partial charge is 0.453 e. The van der Waals surface area contributed by atoms with Crippen molar-refractivity contribution in [1.29, 1.82) is 0 Å². The first-order valence-electron chi connectivity index (χ1n) is 11.5. The van der Waals surface area contributed by atoms with Gasteiger partial charge < -0.3 is 9.47 Å². The number of fused-ring (bicyclic) bond motifs is 3. The van der Waals surface area contributed by atoms with Gasteiger partial charge in [-0.3, -0.25) is 9.80 Å². The number of para-hydroxylation sites is 1. The number of hydrogen-bond acceptors (Lipinski definition) is 6. The predicted octanol–water partition coefficient (Wildman–Crippen LogP) is 5.93. The number of rotatable bonds is 4. The molecule has 1 saturated heterocycles. The summed E-state index contributed by atoms with van der Waals surface area (Å²) >= 11 is 0. The molecule has 2 aliphatic heterocycles. The van der Waals surface area contributed by atoms with Gasteiger partial charge in [0.25, 0.3) is 0 Å². The number of benzene rings is 3. The van der Waals surface area contributed by atoms with Crippen LogP contribution in [0.3, 0.4) is 0 Å². The van der Waals surface area contributed by atoms with Crippen LogP contribution in [-0.4, -0.2) is 36.9 Å². The summed E-state index contributed by atoms with van der Waals surface area (Å²) in [6.07, 6.45) is -1.36. The summed E-state index contributed by atoms with van der Waals surface area (Å²) in [5.41, 5.74) is 3.21. The number of nitrogens with zero attached hydrogens (tertiary/aromatic N) is 4. The zero-order valence-corrected chi connectivity index (χ0v) is 19.6. The van der Waals surface area contributed by atoms with Crippen molar-refractivity contribution < 1.29 is 19.1 Å². The Kier molecular flexibility index (Phi) is 5.94. The summed E-state index contributed by atoms with van der Waals surface area (Å²) in [5.74, 6) is 0. The molecular weight excluding hydrogens is 444 g/mol. The predicted molar refractivity (Wildman–Crippen MR) is 130 cm³/mol. The summed E-state index contributed by atoms with van der Waals surface area (Å²) in [4.78, 5) is 29.3. The van der Waals surface area contributed by atoms with Crippen molar-refractivity contribution in [2.75, 3.05) is 18.6 Å². The topological polar surface area (TPSA) is 83.8 Å². The Hall–Kier alpha value is -4.20. The van der Waals surface area contributed by atoms with Crippen LogP contribution in [0.15, 0.2) is 89.1 Å². The molecule has 35 heavy (non-hydrogen) atoms. The van der Waals surface area contributed by atoms with Gasteiger partial charge in [-0.2, -0.15) is 10.2 Å². The molecule has 0 saturated carbocycles. The van der Waals surface area contributed by atoms with Gasteiger partial charge in [-0.25, -0.2) is 9.59 Å². The maximum absolute atomic E-state index is 13.5. The van der Waals surface area contributed by atoms with Gasteiger partial charge in [0.1, 0.15) is 18.3 Å². The first-order chi connectivity index (χ1) is 17.0. The van der Waals surface area contributed by atoms with E-state index in [1.165, 1.54) is 16.9 Å². The Morgan fingerprint density at radius 1 is 0.971 bits per heavy atom. The maximum Gasteiger partial charge on any atom is 0.416 e. The molecule has 8 heteroatoms. The van der Waals surface area contributed by atoms with E-state index in [1.807, 2.05) is 85.8 Å². The fourth-order valence-corrected chi connectivity index (χ4v) is 4.82. The number of azo groups is 1. The molecule has 2 heterocycles. The van der Waals surface area contributed by atoms with Gasteiger partial charge >= 0.3 is 12.2 Å². The normalized spacial score (nSPS) is 20.6. The van der Waals surface area contributed by atoms with Crippen molar-refractivity contribution in [1.82, 2.24) is 4.90 Å². The highest BCUT2D eigenvalue weighted by Gasteiger charge is 2.62. The van der Waals surface area contributed by atoms with E-state index in [0.29, 0.717) is 24.3 Å². The second-order valence-electron chi connectivity index (χ2n) is 8.67. The molecule has 2 aliphatic rings. The molecular formula is C27H26N4O4. The molecule has 0 bridgehead atoms. The Balaban J connectivity index is 1.55. The van der Waals surface area contributed by atoms with Crippen molar-refractivity contribution in [2.24, 2.45) is 10.2 Å². The fraction of sp³-hybridized carbons (Fsp3) is 0.259. The smallest absolute Gasteiger partial charge is 0.416 e. The molecule has 2 amide bonds. The molecule has 1 fully saturated rings. The van der Waals surface area contributed by atoms with E-state index in [2.05, 4.69) is 5.11 Å². The second-order valence-corrected chi connectivity index (χ2v) is 8.67. The summed E-state index contributed by atoms with van der Waals surface area (Å²) in [7, 11) is 1.33. The number of methoxy groups -OCH3 is 1. The first-order valence-corrected chi connectivity index (χ1v) is 11.5. The van der Waals surface area contributed by atoms with E-state index in [-0.39, 0.29) is 6.61 Å². The van der Waals surface area contributed by atoms with E-state index in [4.69, 9.17) is 14.6 Å². The lowest BCUT2D eigenvalue weighted by Gasteiger charge is -2.33. The van der Waals surface area contributed by atoms with Crippen LogP contribution >= 0.6 is 0 Å². The molecule has 0 N–H and O–H groups in total. The van der Waals surface area contributed by atoms with Crippen molar-refractivity contribution in [3.05, 3.63) is 95.6 Å². The Morgan fingerprint density at radius 2 is 1.69 bits per heavy atom. The lowest BCUT2D eigenvalue weighted by atomic mass is 9.90. The lowest BCUT2D eigenvalue weighted by Crippen LogP contribution is -2.53. The minimum absolute atomic E-state index is 0.112. The Labute approximate surface area is 203 Å². The van der Waals surface area contributed by atoms with Gasteiger partial charge in [0.05, 0.1) is 18.5 Å². The van der Waals surface area contributed by atoms with E-state index < -0.39 is 23.9 Å². The van der Waals surface area contributed by atoms with Crippen LogP contribution < -0.4 is 4.90 Å². The number of ether oxygens (including phenoxy) is 2. The lowest BCUT2D eigenvalue weighted by molar-refractivity contribution is 0.104. The van der Waals surface area contributed by atoms with E-state index in [9.17, 15) is 9.59 Å². The molecule has 0 aromatic heterocycles. The molecule has 3 aromatic carbocycles. The first kappa shape index (κ1) is 22.6.